The summed E-state index contributed by atoms with van der Waals surface area (Å²) in [6.45, 7) is 0. The Balaban J connectivity index is 1.63. The highest BCUT2D eigenvalue weighted by Crippen LogP contribution is 2.19. The second-order valence-electron chi connectivity index (χ2n) is 5.80. The van der Waals surface area contributed by atoms with Crippen LogP contribution >= 0.6 is 0 Å². The van der Waals surface area contributed by atoms with Gasteiger partial charge in [0, 0.05) is 24.2 Å². The van der Waals surface area contributed by atoms with Gasteiger partial charge in [0.05, 0.1) is 6.10 Å². The van der Waals surface area contributed by atoms with E-state index in [1.54, 1.807) is 23.1 Å². The zero-order valence-corrected chi connectivity index (χ0v) is 12.6. The van der Waals surface area contributed by atoms with E-state index in [0.717, 1.165) is 31.2 Å². The molecule has 3 rings (SSSR count). The fraction of sp³-hybridized carbons (Fsp3) is 0.438. The fourth-order valence-corrected chi connectivity index (χ4v) is 2.73. The van der Waals surface area contributed by atoms with E-state index in [4.69, 9.17) is 0 Å². The highest BCUT2D eigenvalue weighted by atomic mass is 16.3. The number of aromatic nitrogens is 3. The number of hydrogen-bond donors (Lipinski definition) is 2. The molecule has 0 saturated heterocycles. The second kappa shape index (κ2) is 6.27. The van der Waals surface area contributed by atoms with E-state index >= 15 is 0 Å². The van der Waals surface area contributed by atoms with Crippen LogP contribution in [0.3, 0.4) is 0 Å². The molecule has 116 valence electrons. The van der Waals surface area contributed by atoms with Crippen LogP contribution < -0.4 is 5.32 Å². The molecule has 0 bridgehead atoms. The van der Waals surface area contributed by atoms with Gasteiger partial charge < -0.3 is 10.4 Å². The highest BCUT2D eigenvalue weighted by Gasteiger charge is 2.21. The van der Waals surface area contributed by atoms with Gasteiger partial charge in [0.25, 0.3) is 5.91 Å². The standard InChI is InChI=1S/C16H20N4O2/c1-20-10-17-15(19-20)11-2-4-12(5-3-11)16(22)18-13-6-8-14(21)9-7-13/h2-5,10,13-14,21H,6-9H2,1H3,(H,18,22). The van der Waals surface area contributed by atoms with Gasteiger partial charge in [0.1, 0.15) is 6.33 Å². The third-order valence-corrected chi connectivity index (χ3v) is 4.04. The molecular formula is C16H20N4O2. The number of aliphatic hydroxyl groups excluding tert-OH is 1. The quantitative estimate of drug-likeness (QED) is 0.900. The number of amides is 1. The molecule has 1 aromatic heterocycles. The summed E-state index contributed by atoms with van der Waals surface area (Å²) >= 11 is 0. The van der Waals surface area contributed by atoms with Gasteiger partial charge in [-0.3, -0.25) is 9.48 Å². The van der Waals surface area contributed by atoms with Crippen LogP contribution in [0.5, 0.6) is 0 Å². The third kappa shape index (κ3) is 3.33. The first kappa shape index (κ1) is 14.7. The van der Waals surface area contributed by atoms with E-state index in [9.17, 15) is 9.90 Å². The molecule has 2 N–H and O–H groups in total. The second-order valence-corrected chi connectivity index (χ2v) is 5.80. The minimum Gasteiger partial charge on any atom is -0.393 e. The fourth-order valence-electron chi connectivity index (χ4n) is 2.73. The zero-order valence-electron chi connectivity index (χ0n) is 12.6. The van der Waals surface area contributed by atoms with Gasteiger partial charge in [-0.15, -0.1) is 0 Å². The van der Waals surface area contributed by atoms with Crippen LogP contribution in [0.1, 0.15) is 36.0 Å². The Kier molecular flexibility index (Phi) is 4.20. The van der Waals surface area contributed by atoms with Crippen molar-refractivity contribution in [2.45, 2.75) is 37.8 Å². The Morgan fingerprint density at radius 2 is 1.91 bits per heavy atom. The molecule has 22 heavy (non-hydrogen) atoms. The van der Waals surface area contributed by atoms with Gasteiger partial charge in [-0.1, -0.05) is 12.1 Å². The lowest BCUT2D eigenvalue weighted by Crippen LogP contribution is -2.38. The molecule has 0 aliphatic heterocycles. The number of rotatable bonds is 3. The minimum absolute atomic E-state index is 0.0677. The van der Waals surface area contributed by atoms with Crippen molar-refractivity contribution >= 4 is 5.91 Å². The molecule has 1 saturated carbocycles. The predicted molar refractivity (Wildman–Crippen MR) is 82.2 cm³/mol. The van der Waals surface area contributed by atoms with Crippen molar-refractivity contribution in [2.24, 2.45) is 7.05 Å². The van der Waals surface area contributed by atoms with Crippen molar-refractivity contribution in [1.29, 1.82) is 0 Å². The topological polar surface area (TPSA) is 80.0 Å². The monoisotopic (exact) mass is 300 g/mol. The Labute approximate surface area is 129 Å². The molecular weight excluding hydrogens is 280 g/mol. The van der Waals surface area contributed by atoms with Gasteiger partial charge in [0.15, 0.2) is 5.82 Å². The molecule has 1 amide bonds. The maximum atomic E-state index is 12.2. The molecule has 1 aliphatic rings. The summed E-state index contributed by atoms with van der Waals surface area (Å²) in [6.07, 6.45) is 4.63. The lowest BCUT2D eigenvalue weighted by atomic mass is 9.93. The summed E-state index contributed by atoms with van der Waals surface area (Å²) < 4.78 is 1.65. The first-order valence-corrected chi connectivity index (χ1v) is 7.57. The van der Waals surface area contributed by atoms with Crippen molar-refractivity contribution in [3.63, 3.8) is 0 Å². The molecule has 0 unspecified atom stereocenters. The predicted octanol–water partition coefficient (Wildman–Crippen LogP) is 1.52. The molecule has 0 spiro atoms. The lowest BCUT2D eigenvalue weighted by Gasteiger charge is -2.26. The summed E-state index contributed by atoms with van der Waals surface area (Å²) in [5, 5.41) is 16.8. The van der Waals surface area contributed by atoms with Crippen molar-refractivity contribution in [3.05, 3.63) is 36.2 Å². The SMILES string of the molecule is Cn1cnc(-c2ccc(C(=O)NC3CCC(O)CC3)cc2)n1. The Morgan fingerprint density at radius 3 is 2.50 bits per heavy atom. The number of aliphatic hydroxyl groups is 1. The number of hydrogen-bond acceptors (Lipinski definition) is 4. The number of carbonyl (C=O) groups excluding carboxylic acids is 1. The summed E-state index contributed by atoms with van der Waals surface area (Å²) in [6, 6.07) is 7.45. The van der Waals surface area contributed by atoms with E-state index in [1.807, 2.05) is 19.2 Å². The third-order valence-electron chi connectivity index (χ3n) is 4.04. The van der Waals surface area contributed by atoms with Crippen LogP contribution in [-0.2, 0) is 7.05 Å². The van der Waals surface area contributed by atoms with Crippen molar-refractivity contribution < 1.29 is 9.90 Å². The molecule has 6 heteroatoms. The average Bonchev–Trinajstić information content (AvgIpc) is 2.96. The van der Waals surface area contributed by atoms with E-state index < -0.39 is 0 Å². The van der Waals surface area contributed by atoms with Crippen LogP contribution in [0.4, 0.5) is 0 Å². The average molecular weight is 300 g/mol. The van der Waals surface area contributed by atoms with Gasteiger partial charge in [-0.25, -0.2) is 4.98 Å². The maximum Gasteiger partial charge on any atom is 0.251 e. The van der Waals surface area contributed by atoms with Crippen molar-refractivity contribution in [1.82, 2.24) is 20.1 Å². The van der Waals surface area contributed by atoms with Crippen molar-refractivity contribution in [3.8, 4) is 11.4 Å². The molecule has 2 aromatic rings. The summed E-state index contributed by atoms with van der Waals surface area (Å²) in [5.41, 5.74) is 1.52. The minimum atomic E-state index is -0.210. The molecule has 0 radical (unpaired) electrons. The molecule has 1 fully saturated rings. The summed E-state index contributed by atoms with van der Waals surface area (Å²) in [5.74, 6) is 0.581. The molecule has 1 aromatic carbocycles. The summed E-state index contributed by atoms with van der Waals surface area (Å²) in [4.78, 5) is 16.4. The van der Waals surface area contributed by atoms with Crippen LogP contribution in [0.15, 0.2) is 30.6 Å². The number of nitrogens with one attached hydrogen (secondary N) is 1. The zero-order chi connectivity index (χ0) is 15.5. The van der Waals surface area contributed by atoms with Crippen LogP contribution in [0.2, 0.25) is 0 Å². The van der Waals surface area contributed by atoms with Crippen LogP contribution in [-0.4, -0.2) is 37.9 Å². The Bertz CT molecular complexity index is 642. The highest BCUT2D eigenvalue weighted by molar-refractivity contribution is 5.94. The maximum absolute atomic E-state index is 12.2. The normalized spacial score (nSPS) is 21.5. The van der Waals surface area contributed by atoms with E-state index in [0.29, 0.717) is 11.4 Å². The molecule has 1 aliphatic carbocycles. The molecule has 0 atom stereocenters. The molecule has 1 heterocycles. The lowest BCUT2D eigenvalue weighted by molar-refractivity contribution is 0.0867. The van der Waals surface area contributed by atoms with E-state index in [2.05, 4.69) is 15.4 Å². The van der Waals surface area contributed by atoms with Gasteiger partial charge in [-0.2, -0.15) is 5.10 Å². The van der Waals surface area contributed by atoms with Gasteiger partial charge >= 0.3 is 0 Å². The van der Waals surface area contributed by atoms with Crippen molar-refractivity contribution in [2.75, 3.05) is 0 Å². The number of carbonyl (C=O) groups is 1. The van der Waals surface area contributed by atoms with Crippen LogP contribution in [0.25, 0.3) is 11.4 Å². The largest absolute Gasteiger partial charge is 0.393 e. The van der Waals surface area contributed by atoms with Gasteiger partial charge in [0.2, 0.25) is 0 Å². The van der Waals surface area contributed by atoms with E-state index in [1.165, 1.54) is 0 Å². The number of benzene rings is 1. The Morgan fingerprint density at radius 1 is 1.23 bits per heavy atom. The smallest absolute Gasteiger partial charge is 0.251 e. The van der Waals surface area contributed by atoms with Crippen LogP contribution in [0, 0.1) is 0 Å². The van der Waals surface area contributed by atoms with E-state index in [-0.39, 0.29) is 18.1 Å². The first-order valence-electron chi connectivity index (χ1n) is 7.57. The van der Waals surface area contributed by atoms with Gasteiger partial charge in [-0.05, 0) is 37.8 Å². The summed E-state index contributed by atoms with van der Waals surface area (Å²) in [7, 11) is 1.82. The number of nitrogens with zero attached hydrogens (tertiary/aromatic N) is 3. The number of aryl methyl sites for hydroxylation is 1. The Hall–Kier alpha value is -2.21. The molecule has 6 nitrogen and oxygen atoms in total. The first-order chi connectivity index (χ1) is 10.6.